The first-order chi connectivity index (χ1) is 9.76. The molecule has 0 saturated heterocycles. The van der Waals surface area contributed by atoms with Crippen LogP contribution in [0.2, 0.25) is 0 Å². The van der Waals surface area contributed by atoms with Crippen LogP contribution in [0.1, 0.15) is 5.56 Å². The summed E-state index contributed by atoms with van der Waals surface area (Å²) in [7, 11) is 0. The van der Waals surface area contributed by atoms with Gasteiger partial charge in [-0.05, 0) is 46.3 Å². The molecular formula is C14H7BrN4O. The molecule has 0 amide bonds. The van der Waals surface area contributed by atoms with Crippen molar-refractivity contribution in [2.45, 2.75) is 0 Å². The molecule has 1 aromatic carbocycles. The predicted molar refractivity (Wildman–Crippen MR) is 75.4 cm³/mol. The van der Waals surface area contributed by atoms with Gasteiger partial charge in [0, 0.05) is 16.2 Å². The van der Waals surface area contributed by atoms with Crippen LogP contribution >= 0.6 is 15.9 Å². The van der Waals surface area contributed by atoms with Gasteiger partial charge in [-0.1, -0.05) is 11.2 Å². The Labute approximate surface area is 123 Å². The highest BCUT2D eigenvalue weighted by Gasteiger charge is 2.11. The Balaban J connectivity index is 1.97. The standard InChI is InChI=1S/C14H7BrN4O/c15-11-4-5-12(17-8-11)13-18-14(20-19-13)10-3-1-2-9(6-10)7-16/h1-6,8H. The molecule has 2 heterocycles. The zero-order chi connectivity index (χ0) is 13.9. The molecule has 96 valence electrons. The Morgan fingerprint density at radius 1 is 1.20 bits per heavy atom. The summed E-state index contributed by atoms with van der Waals surface area (Å²) in [6.45, 7) is 0. The SMILES string of the molecule is N#Cc1cccc(-c2nc(-c3ccc(Br)cn3)no2)c1. The van der Waals surface area contributed by atoms with Crippen molar-refractivity contribution in [3.8, 4) is 29.0 Å². The van der Waals surface area contributed by atoms with Crippen molar-refractivity contribution in [3.63, 3.8) is 0 Å². The van der Waals surface area contributed by atoms with Crippen LogP contribution in [0.15, 0.2) is 51.6 Å². The lowest BCUT2D eigenvalue weighted by molar-refractivity contribution is 0.432. The van der Waals surface area contributed by atoms with E-state index in [9.17, 15) is 0 Å². The number of aromatic nitrogens is 3. The molecular weight excluding hydrogens is 320 g/mol. The number of halogens is 1. The summed E-state index contributed by atoms with van der Waals surface area (Å²) in [6.07, 6.45) is 1.67. The van der Waals surface area contributed by atoms with Gasteiger partial charge in [0.1, 0.15) is 5.69 Å². The van der Waals surface area contributed by atoms with Crippen molar-refractivity contribution in [2.24, 2.45) is 0 Å². The topological polar surface area (TPSA) is 75.6 Å². The summed E-state index contributed by atoms with van der Waals surface area (Å²) >= 11 is 3.32. The van der Waals surface area contributed by atoms with E-state index in [1.54, 1.807) is 30.5 Å². The highest BCUT2D eigenvalue weighted by molar-refractivity contribution is 9.10. The molecule has 20 heavy (non-hydrogen) atoms. The van der Waals surface area contributed by atoms with Gasteiger partial charge >= 0.3 is 0 Å². The van der Waals surface area contributed by atoms with Crippen LogP contribution < -0.4 is 0 Å². The molecule has 0 aliphatic heterocycles. The van der Waals surface area contributed by atoms with Crippen molar-refractivity contribution in [1.29, 1.82) is 5.26 Å². The largest absolute Gasteiger partial charge is 0.334 e. The Bertz CT molecular complexity index is 789. The number of nitriles is 1. The molecule has 3 aromatic rings. The van der Waals surface area contributed by atoms with Gasteiger partial charge in [-0.25, -0.2) is 0 Å². The molecule has 0 aliphatic carbocycles. The fourth-order valence-corrected chi connectivity index (χ4v) is 1.91. The van der Waals surface area contributed by atoms with Crippen LogP contribution in [0, 0.1) is 11.3 Å². The maximum Gasteiger partial charge on any atom is 0.258 e. The number of hydrogen-bond donors (Lipinski definition) is 0. The van der Waals surface area contributed by atoms with Crippen LogP contribution in [0.25, 0.3) is 23.0 Å². The lowest BCUT2D eigenvalue weighted by Crippen LogP contribution is -1.85. The van der Waals surface area contributed by atoms with Crippen LogP contribution in [0.5, 0.6) is 0 Å². The van der Waals surface area contributed by atoms with E-state index in [1.165, 1.54) is 0 Å². The fourth-order valence-electron chi connectivity index (χ4n) is 1.67. The molecule has 0 fully saturated rings. The summed E-state index contributed by atoms with van der Waals surface area (Å²) < 4.78 is 6.09. The highest BCUT2D eigenvalue weighted by Crippen LogP contribution is 2.22. The second-order valence-electron chi connectivity index (χ2n) is 3.98. The Hall–Kier alpha value is -2.52. The van der Waals surface area contributed by atoms with E-state index in [4.69, 9.17) is 9.78 Å². The first-order valence-electron chi connectivity index (χ1n) is 5.72. The molecule has 6 heteroatoms. The summed E-state index contributed by atoms with van der Waals surface area (Å²) in [6, 6.07) is 12.7. The highest BCUT2D eigenvalue weighted by atomic mass is 79.9. The van der Waals surface area contributed by atoms with Crippen molar-refractivity contribution >= 4 is 15.9 Å². The second kappa shape index (κ2) is 5.23. The van der Waals surface area contributed by atoms with Crippen molar-refractivity contribution in [1.82, 2.24) is 15.1 Å². The maximum atomic E-state index is 8.89. The Kier molecular flexibility index (Phi) is 3.27. The quantitative estimate of drug-likeness (QED) is 0.721. The van der Waals surface area contributed by atoms with Crippen molar-refractivity contribution < 1.29 is 4.52 Å². The summed E-state index contributed by atoms with van der Waals surface area (Å²) in [5.74, 6) is 0.775. The van der Waals surface area contributed by atoms with Crippen LogP contribution in [-0.4, -0.2) is 15.1 Å². The second-order valence-corrected chi connectivity index (χ2v) is 4.89. The summed E-state index contributed by atoms with van der Waals surface area (Å²) in [5.41, 5.74) is 1.88. The average molecular weight is 327 g/mol. The minimum atomic E-state index is 0.363. The number of nitrogens with zero attached hydrogens (tertiary/aromatic N) is 4. The van der Waals surface area contributed by atoms with Gasteiger partial charge in [0.25, 0.3) is 5.89 Å². The van der Waals surface area contributed by atoms with Gasteiger partial charge in [-0.3, -0.25) is 4.98 Å². The number of rotatable bonds is 2. The average Bonchev–Trinajstić information content (AvgIpc) is 2.98. The third-order valence-electron chi connectivity index (χ3n) is 2.62. The molecule has 0 N–H and O–H groups in total. The first kappa shape index (κ1) is 12.5. The van der Waals surface area contributed by atoms with Gasteiger partial charge in [0.05, 0.1) is 11.6 Å². The van der Waals surface area contributed by atoms with Gasteiger partial charge in [-0.2, -0.15) is 10.2 Å². The predicted octanol–water partition coefficient (Wildman–Crippen LogP) is 3.43. The third kappa shape index (κ3) is 2.44. The smallest absolute Gasteiger partial charge is 0.258 e. The van der Waals surface area contributed by atoms with E-state index in [-0.39, 0.29) is 0 Å². The molecule has 0 aliphatic rings. The van der Waals surface area contributed by atoms with Gasteiger partial charge in [0.15, 0.2) is 0 Å². The van der Waals surface area contributed by atoms with Crippen molar-refractivity contribution in [2.75, 3.05) is 0 Å². The van der Waals surface area contributed by atoms with E-state index in [0.29, 0.717) is 28.5 Å². The van der Waals surface area contributed by atoms with Crippen LogP contribution in [0.3, 0.4) is 0 Å². The zero-order valence-electron chi connectivity index (χ0n) is 10.1. The van der Waals surface area contributed by atoms with Crippen molar-refractivity contribution in [3.05, 3.63) is 52.6 Å². The lowest BCUT2D eigenvalue weighted by atomic mass is 10.1. The molecule has 0 radical (unpaired) electrons. The number of benzene rings is 1. The minimum Gasteiger partial charge on any atom is -0.334 e. The van der Waals surface area contributed by atoms with E-state index in [2.05, 4.69) is 37.1 Å². The van der Waals surface area contributed by atoms with E-state index in [1.807, 2.05) is 12.1 Å². The lowest BCUT2D eigenvalue weighted by Gasteiger charge is -1.94. The fraction of sp³-hybridized carbons (Fsp3) is 0. The summed E-state index contributed by atoms with van der Waals surface area (Å²) in [4.78, 5) is 8.50. The molecule has 5 nitrogen and oxygen atoms in total. The zero-order valence-corrected chi connectivity index (χ0v) is 11.7. The first-order valence-corrected chi connectivity index (χ1v) is 6.52. The number of pyridine rings is 1. The Morgan fingerprint density at radius 3 is 2.85 bits per heavy atom. The molecule has 0 bridgehead atoms. The minimum absolute atomic E-state index is 0.363. The molecule has 0 unspecified atom stereocenters. The third-order valence-corrected chi connectivity index (χ3v) is 3.09. The van der Waals surface area contributed by atoms with E-state index < -0.39 is 0 Å². The molecule has 0 spiro atoms. The number of hydrogen-bond acceptors (Lipinski definition) is 5. The summed E-state index contributed by atoms with van der Waals surface area (Å²) in [5, 5.41) is 12.8. The van der Waals surface area contributed by atoms with Gasteiger partial charge < -0.3 is 4.52 Å². The molecule has 0 saturated carbocycles. The molecule has 3 rings (SSSR count). The van der Waals surface area contributed by atoms with Crippen LogP contribution in [0.4, 0.5) is 0 Å². The molecule has 2 aromatic heterocycles. The Morgan fingerprint density at radius 2 is 2.10 bits per heavy atom. The van der Waals surface area contributed by atoms with E-state index >= 15 is 0 Å². The monoisotopic (exact) mass is 326 g/mol. The van der Waals surface area contributed by atoms with E-state index in [0.717, 1.165) is 4.47 Å². The normalized spacial score (nSPS) is 10.2. The van der Waals surface area contributed by atoms with Crippen LogP contribution in [-0.2, 0) is 0 Å². The maximum absolute atomic E-state index is 8.89. The van der Waals surface area contributed by atoms with Gasteiger partial charge in [0.2, 0.25) is 5.82 Å². The van der Waals surface area contributed by atoms with Gasteiger partial charge in [-0.15, -0.1) is 0 Å². The molecule has 0 atom stereocenters.